The normalized spacial score (nSPS) is 22.2. The molecule has 2 heterocycles. The summed E-state index contributed by atoms with van der Waals surface area (Å²) >= 11 is 0. The van der Waals surface area contributed by atoms with Crippen molar-refractivity contribution < 1.29 is 23.7 Å². The van der Waals surface area contributed by atoms with Crippen LogP contribution in [0, 0.1) is 0 Å². The molecule has 3 aromatic rings. The molecular weight excluding hydrogens is 530 g/mol. The summed E-state index contributed by atoms with van der Waals surface area (Å²) < 4.78 is 30.6. The van der Waals surface area contributed by atoms with E-state index in [1.807, 2.05) is 24.3 Å². The standard InChI is InChI=1S/C34H47N3O5/c1-25(31-22-37(2)16-15-36-31)42-29-19-26-9-4-6-11-30(26)28(20-29)24-41-34-21-35-14-13-33(34)40-18-8-17-39-23-27-10-5-7-12-32(27)38-3/h4-7,9-12,19-20,25,31,33-36H,8,13-18,21-24H2,1-3H3. The molecule has 0 spiro atoms. The monoisotopic (exact) mass is 577 g/mol. The highest BCUT2D eigenvalue weighted by Gasteiger charge is 2.27. The molecule has 0 amide bonds. The SMILES string of the molecule is COc1ccccc1COCCCOC1CCNCC1OCc1cc(OC(C)C2CN(C)CCN2)cc2ccccc12. The Morgan fingerprint density at radius 3 is 2.67 bits per heavy atom. The first-order valence-corrected chi connectivity index (χ1v) is 15.3. The molecule has 4 unspecified atom stereocenters. The number of benzene rings is 3. The molecule has 5 rings (SSSR count). The van der Waals surface area contributed by atoms with Crippen LogP contribution >= 0.6 is 0 Å². The van der Waals surface area contributed by atoms with Gasteiger partial charge in [0.15, 0.2) is 0 Å². The molecule has 3 aromatic carbocycles. The van der Waals surface area contributed by atoms with Crippen LogP contribution in [0.2, 0.25) is 0 Å². The van der Waals surface area contributed by atoms with E-state index in [2.05, 4.69) is 65.9 Å². The summed E-state index contributed by atoms with van der Waals surface area (Å²) in [6.45, 7) is 9.22. The van der Waals surface area contributed by atoms with Crippen LogP contribution in [-0.2, 0) is 27.4 Å². The van der Waals surface area contributed by atoms with Crippen molar-refractivity contribution in [3.05, 3.63) is 71.8 Å². The second-order valence-corrected chi connectivity index (χ2v) is 11.4. The molecule has 8 nitrogen and oxygen atoms in total. The van der Waals surface area contributed by atoms with Crippen molar-refractivity contribution in [3.8, 4) is 11.5 Å². The zero-order valence-corrected chi connectivity index (χ0v) is 25.3. The number of methoxy groups -OCH3 is 1. The van der Waals surface area contributed by atoms with E-state index < -0.39 is 0 Å². The summed E-state index contributed by atoms with van der Waals surface area (Å²) in [7, 11) is 3.85. The van der Waals surface area contributed by atoms with Crippen molar-refractivity contribution in [1.29, 1.82) is 0 Å². The molecular formula is C34H47N3O5. The van der Waals surface area contributed by atoms with Gasteiger partial charge < -0.3 is 39.2 Å². The smallest absolute Gasteiger partial charge is 0.124 e. The van der Waals surface area contributed by atoms with Gasteiger partial charge in [-0.2, -0.15) is 0 Å². The van der Waals surface area contributed by atoms with E-state index in [0.29, 0.717) is 32.5 Å². The Morgan fingerprint density at radius 2 is 1.79 bits per heavy atom. The highest BCUT2D eigenvalue weighted by molar-refractivity contribution is 5.87. The minimum absolute atomic E-state index is 0.0162. The Bertz CT molecular complexity index is 1260. The molecule has 8 heteroatoms. The van der Waals surface area contributed by atoms with E-state index in [1.54, 1.807) is 7.11 Å². The average molecular weight is 578 g/mol. The van der Waals surface area contributed by atoms with Crippen LogP contribution < -0.4 is 20.1 Å². The van der Waals surface area contributed by atoms with E-state index in [-0.39, 0.29) is 18.3 Å². The van der Waals surface area contributed by atoms with E-state index in [9.17, 15) is 0 Å². The fraction of sp³-hybridized carbons (Fsp3) is 0.529. The Morgan fingerprint density at radius 1 is 0.929 bits per heavy atom. The van der Waals surface area contributed by atoms with Crippen LogP contribution in [0.1, 0.15) is 30.9 Å². The summed E-state index contributed by atoms with van der Waals surface area (Å²) in [6.07, 6.45) is 1.86. The van der Waals surface area contributed by atoms with Crippen LogP contribution in [0.4, 0.5) is 0 Å². The Hall–Kier alpha value is -2.72. The van der Waals surface area contributed by atoms with Crippen LogP contribution in [0.25, 0.3) is 10.8 Å². The molecule has 2 fully saturated rings. The van der Waals surface area contributed by atoms with Crippen LogP contribution in [-0.4, -0.2) is 89.3 Å². The molecule has 0 saturated carbocycles. The van der Waals surface area contributed by atoms with Crippen molar-refractivity contribution >= 4 is 10.8 Å². The molecule has 2 aliphatic rings. The van der Waals surface area contributed by atoms with Crippen LogP contribution in [0.3, 0.4) is 0 Å². The van der Waals surface area contributed by atoms with Gasteiger partial charge in [0.2, 0.25) is 0 Å². The Balaban J connectivity index is 1.13. The minimum Gasteiger partial charge on any atom is -0.496 e. The summed E-state index contributed by atoms with van der Waals surface area (Å²) in [6, 6.07) is 21.0. The van der Waals surface area contributed by atoms with Gasteiger partial charge in [0.25, 0.3) is 0 Å². The third-order valence-electron chi connectivity index (χ3n) is 8.25. The summed E-state index contributed by atoms with van der Waals surface area (Å²) in [5.41, 5.74) is 2.19. The lowest BCUT2D eigenvalue weighted by molar-refractivity contribution is -0.0937. The first-order chi connectivity index (χ1) is 20.6. The topological polar surface area (TPSA) is 73.5 Å². The van der Waals surface area contributed by atoms with Crippen molar-refractivity contribution in [2.24, 2.45) is 0 Å². The van der Waals surface area contributed by atoms with E-state index in [4.69, 9.17) is 23.7 Å². The summed E-state index contributed by atoms with van der Waals surface area (Å²) in [5.74, 6) is 1.74. The largest absolute Gasteiger partial charge is 0.496 e. The van der Waals surface area contributed by atoms with Gasteiger partial charge in [0.1, 0.15) is 17.6 Å². The number of piperidine rings is 1. The third-order valence-corrected chi connectivity index (χ3v) is 8.25. The maximum atomic E-state index is 6.53. The minimum atomic E-state index is -0.0162. The van der Waals surface area contributed by atoms with Crippen LogP contribution in [0.15, 0.2) is 60.7 Å². The lowest BCUT2D eigenvalue weighted by Gasteiger charge is -2.34. The van der Waals surface area contributed by atoms with Gasteiger partial charge in [-0.1, -0.05) is 42.5 Å². The predicted molar refractivity (Wildman–Crippen MR) is 166 cm³/mol. The van der Waals surface area contributed by atoms with Gasteiger partial charge in [-0.15, -0.1) is 0 Å². The number of nitrogens with one attached hydrogen (secondary N) is 2. The second-order valence-electron chi connectivity index (χ2n) is 11.4. The number of piperazine rings is 1. The quantitative estimate of drug-likeness (QED) is 0.274. The highest BCUT2D eigenvalue weighted by Crippen LogP contribution is 2.28. The Kier molecular flexibility index (Phi) is 11.5. The number of rotatable bonds is 14. The van der Waals surface area contributed by atoms with Gasteiger partial charge in [0, 0.05) is 45.0 Å². The fourth-order valence-corrected chi connectivity index (χ4v) is 5.85. The van der Waals surface area contributed by atoms with Crippen molar-refractivity contribution in [1.82, 2.24) is 15.5 Å². The molecule has 228 valence electrons. The zero-order chi connectivity index (χ0) is 29.1. The third kappa shape index (κ3) is 8.43. The maximum Gasteiger partial charge on any atom is 0.124 e. The molecule has 0 aliphatic carbocycles. The van der Waals surface area contributed by atoms with Gasteiger partial charge in [-0.3, -0.25) is 0 Å². The molecule has 2 aliphatic heterocycles. The average Bonchev–Trinajstić information content (AvgIpc) is 3.02. The molecule has 2 saturated heterocycles. The number of fused-ring (bicyclic) bond motifs is 1. The highest BCUT2D eigenvalue weighted by atomic mass is 16.5. The van der Waals surface area contributed by atoms with Crippen LogP contribution in [0.5, 0.6) is 11.5 Å². The molecule has 4 atom stereocenters. The lowest BCUT2D eigenvalue weighted by Crippen LogP contribution is -2.55. The number of likely N-dealkylation sites (N-methyl/N-ethyl adjacent to an activating group) is 1. The molecule has 0 aromatic heterocycles. The molecule has 42 heavy (non-hydrogen) atoms. The van der Waals surface area contributed by atoms with Crippen molar-refractivity contribution in [3.63, 3.8) is 0 Å². The van der Waals surface area contributed by atoms with E-state index in [0.717, 1.165) is 73.6 Å². The van der Waals surface area contributed by atoms with Gasteiger partial charge >= 0.3 is 0 Å². The number of ether oxygens (including phenoxy) is 5. The first-order valence-electron chi connectivity index (χ1n) is 15.3. The summed E-state index contributed by atoms with van der Waals surface area (Å²) in [4.78, 5) is 2.35. The maximum absolute atomic E-state index is 6.53. The number of para-hydroxylation sites is 1. The Labute approximate surface area is 250 Å². The summed E-state index contributed by atoms with van der Waals surface area (Å²) in [5, 5.41) is 9.45. The second kappa shape index (κ2) is 15.7. The number of nitrogens with zero attached hydrogens (tertiary/aromatic N) is 1. The predicted octanol–water partition coefficient (Wildman–Crippen LogP) is 4.39. The first kappa shape index (κ1) is 30.7. The van der Waals surface area contributed by atoms with Crippen molar-refractivity contribution in [2.75, 3.05) is 60.1 Å². The zero-order valence-electron chi connectivity index (χ0n) is 25.3. The van der Waals surface area contributed by atoms with E-state index >= 15 is 0 Å². The molecule has 0 radical (unpaired) electrons. The van der Waals surface area contributed by atoms with Gasteiger partial charge in [-0.05, 0) is 67.9 Å². The number of hydrogen-bond acceptors (Lipinski definition) is 8. The van der Waals surface area contributed by atoms with Crippen molar-refractivity contribution in [2.45, 2.75) is 57.3 Å². The van der Waals surface area contributed by atoms with Gasteiger partial charge in [0.05, 0.1) is 38.6 Å². The lowest BCUT2D eigenvalue weighted by atomic mass is 10.0. The van der Waals surface area contributed by atoms with Gasteiger partial charge in [-0.25, -0.2) is 0 Å². The molecule has 2 N–H and O–H groups in total. The van der Waals surface area contributed by atoms with E-state index in [1.165, 1.54) is 5.39 Å². The molecule has 0 bridgehead atoms. The fourth-order valence-electron chi connectivity index (χ4n) is 5.85. The number of hydrogen-bond donors (Lipinski definition) is 2.